The Morgan fingerprint density at radius 3 is 2.41 bits per heavy atom. The van der Waals surface area contributed by atoms with Crippen LogP contribution in [0.25, 0.3) is 12.7 Å². The molecule has 1 unspecified atom stereocenters. The van der Waals surface area contributed by atoms with E-state index in [1.807, 2.05) is 11.5 Å². The van der Waals surface area contributed by atoms with Crippen molar-refractivity contribution in [1.29, 1.82) is 0 Å². The van der Waals surface area contributed by atoms with Gasteiger partial charge >= 0.3 is 0 Å². The third kappa shape index (κ3) is 9.81. The molecule has 2 rings (SSSR count). The van der Waals surface area contributed by atoms with Crippen molar-refractivity contribution in [3.8, 4) is 0 Å². The van der Waals surface area contributed by atoms with Crippen molar-refractivity contribution in [3.05, 3.63) is 93.4 Å². The van der Waals surface area contributed by atoms with Gasteiger partial charge in [-0.1, -0.05) is 75.9 Å². The zero-order chi connectivity index (χ0) is 27.6. The van der Waals surface area contributed by atoms with Crippen molar-refractivity contribution in [2.45, 2.75) is 89.7 Å². The lowest BCUT2D eigenvalue weighted by molar-refractivity contribution is 0.211. The molecule has 37 heavy (non-hydrogen) atoms. The highest BCUT2D eigenvalue weighted by Crippen LogP contribution is 2.34. The molecule has 1 N–H and O–H groups in total. The summed E-state index contributed by atoms with van der Waals surface area (Å²) in [5, 5.41) is 7.63. The second-order valence-electron chi connectivity index (χ2n) is 10.7. The van der Waals surface area contributed by atoms with Crippen LogP contribution in [0.5, 0.6) is 0 Å². The first kappa shape index (κ1) is 30.9. The highest BCUT2D eigenvalue weighted by molar-refractivity contribution is 8.02. The molecule has 202 valence electrons. The first-order valence-corrected chi connectivity index (χ1v) is 14.3. The summed E-state index contributed by atoms with van der Waals surface area (Å²) in [6, 6.07) is 11.7. The quantitative estimate of drug-likeness (QED) is 0.236. The Kier molecular flexibility index (Phi) is 11.7. The number of halogens is 2. The topological polar surface area (TPSA) is 12.0 Å². The summed E-state index contributed by atoms with van der Waals surface area (Å²) >= 11 is 1.69. The number of thioether (sulfide) groups is 1. The van der Waals surface area contributed by atoms with Crippen LogP contribution in [0, 0.1) is 0 Å². The number of benzene rings is 2. The lowest BCUT2D eigenvalue weighted by Crippen LogP contribution is -2.26. The summed E-state index contributed by atoms with van der Waals surface area (Å²) in [4.78, 5) is 0. The van der Waals surface area contributed by atoms with Gasteiger partial charge in [-0.15, -0.1) is 11.8 Å². The van der Waals surface area contributed by atoms with Crippen LogP contribution < -0.4 is 15.8 Å². The number of alkyl halides is 2. The van der Waals surface area contributed by atoms with Crippen LogP contribution >= 0.6 is 11.8 Å². The average Bonchev–Trinajstić information content (AvgIpc) is 2.82. The molecule has 0 aliphatic rings. The van der Waals surface area contributed by atoms with Crippen LogP contribution in [0.15, 0.2) is 60.7 Å². The molecule has 0 heterocycles. The maximum atomic E-state index is 15.0. The largest absolute Gasteiger partial charge is 0.388 e. The first-order chi connectivity index (χ1) is 17.4. The maximum absolute atomic E-state index is 15.0. The number of aryl methyl sites for hydroxylation is 1. The van der Waals surface area contributed by atoms with Gasteiger partial charge in [0, 0.05) is 12.2 Å². The van der Waals surface area contributed by atoms with Crippen molar-refractivity contribution in [2.24, 2.45) is 0 Å². The minimum atomic E-state index is -1.54. The fourth-order valence-corrected chi connectivity index (χ4v) is 5.15. The third-order valence-corrected chi connectivity index (χ3v) is 7.60. The average molecular weight is 526 g/mol. The Bertz CT molecular complexity index is 1150. The van der Waals surface area contributed by atoms with Crippen LogP contribution in [-0.2, 0) is 24.2 Å². The van der Waals surface area contributed by atoms with E-state index in [4.69, 9.17) is 0 Å². The fourth-order valence-electron chi connectivity index (χ4n) is 4.38. The molecule has 0 aliphatic heterocycles. The minimum absolute atomic E-state index is 0.204. The fraction of sp³-hybridized carbons (Fsp3) is 0.455. The van der Waals surface area contributed by atoms with Gasteiger partial charge in [-0.05, 0) is 97.5 Å². The van der Waals surface area contributed by atoms with Gasteiger partial charge in [-0.25, -0.2) is 8.78 Å². The molecule has 2 aromatic carbocycles. The predicted octanol–water partition coefficient (Wildman–Crippen LogP) is 8.00. The van der Waals surface area contributed by atoms with Gasteiger partial charge in [0.05, 0.1) is 5.25 Å². The summed E-state index contributed by atoms with van der Waals surface area (Å²) in [7, 11) is 0. The van der Waals surface area contributed by atoms with Gasteiger partial charge in [0.25, 0.3) is 0 Å². The number of rotatable bonds is 15. The molecule has 0 bridgehead atoms. The van der Waals surface area contributed by atoms with Gasteiger partial charge in [-0.2, -0.15) is 0 Å². The Morgan fingerprint density at radius 2 is 1.78 bits per heavy atom. The normalized spacial score (nSPS) is 13.4. The molecule has 1 nitrogen and oxygen atoms in total. The highest BCUT2D eigenvalue weighted by Gasteiger charge is 2.26. The summed E-state index contributed by atoms with van der Waals surface area (Å²) in [6.45, 7) is 21.6. The molecule has 0 spiro atoms. The molecule has 0 aromatic heterocycles. The van der Waals surface area contributed by atoms with E-state index in [1.54, 1.807) is 23.9 Å². The molecular weight excluding hydrogens is 480 g/mol. The van der Waals surface area contributed by atoms with E-state index >= 15 is 4.39 Å². The summed E-state index contributed by atoms with van der Waals surface area (Å²) in [5.41, 5.74) is 1.17. The summed E-state index contributed by atoms with van der Waals surface area (Å²) in [5.74, 6) is 0. The van der Waals surface area contributed by atoms with Crippen molar-refractivity contribution in [2.75, 3.05) is 6.54 Å². The van der Waals surface area contributed by atoms with E-state index in [2.05, 4.69) is 56.3 Å². The molecule has 0 amide bonds. The molecule has 0 radical (unpaired) electrons. The lowest BCUT2D eigenvalue weighted by atomic mass is 9.87. The Labute approximate surface area is 227 Å². The molecule has 1 atom stereocenters. The van der Waals surface area contributed by atoms with Crippen molar-refractivity contribution < 1.29 is 8.78 Å². The van der Waals surface area contributed by atoms with Crippen molar-refractivity contribution in [3.63, 3.8) is 0 Å². The summed E-state index contributed by atoms with van der Waals surface area (Å²) < 4.78 is 29.5. The summed E-state index contributed by atoms with van der Waals surface area (Å²) in [6.07, 6.45) is 7.98. The number of nitrogens with one attached hydrogen (secondary N) is 1. The zero-order valence-corrected chi connectivity index (χ0v) is 24.2. The molecule has 0 saturated carbocycles. The van der Waals surface area contributed by atoms with E-state index < -0.39 is 11.3 Å². The van der Waals surface area contributed by atoms with Crippen molar-refractivity contribution in [1.82, 2.24) is 5.32 Å². The molecule has 2 aromatic rings. The van der Waals surface area contributed by atoms with Gasteiger partial charge in [0.1, 0.15) is 11.3 Å². The van der Waals surface area contributed by atoms with Crippen LogP contribution in [0.1, 0.15) is 82.6 Å². The standard InChI is InChI=1S/C33H45F2NS/c1-9-11-12-20-36-25(4)31(37-10-2)22-26-17-16-24(3)28(21-26)15-13-14-27-18-19-29(32(5,6)34)23-30(27)33(7,8)35/h10,15-19,21,23,31,36H,2-4,9,11-14,20,22H2,1,5-8H3/b28-15-. The molecule has 0 fully saturated rings. The predicted molar refractivity (Wildman–Crippen MR) is 161 cm³/mol. The Hall–Kier alpha value is -2.33. The molecule has 4 heteroatoms. The first-order valence-electron chi connectivity index (χ1n) is 13.4. The maximum Gasteiger partial charge on any atom is 0.130 e. The van der Waals surface area contributed by atoms with Gasteiger partial charge in [0.2, 0.25) is 0 Å². The van der Waals surface area contributed by atoms with E-state index in [0.29, 0.717) is 17.5 Å². The van der Waals surface area contributed by atoms with Gasteiger partial charge in [0.15, 0.2) is 0 Å². The second kappa shape index (κ2) is 14.0. The lowest BCUT2D eigenvalue weighted by Gasteiger charge is -2.23. The van der Waals surface area contributed by atoms with Crippen LogP contribution in [0.2, 0.25) is 0 Å². The smallest absolute Gasteiger partial charge is 0.130 e. The molecule has 0 saturated heterocycles. The minimum Gasteiger partial charge on any atom is -0.388 e. The molecular formula is C33H45F2NS. The van der Waals surface area contributed by atoms with Gasteiger partial charge < -0.3 is 5.32 Å². The van der Waals surface area contributed by atoms with E-state index in [1.165, 1.54) is 46.1 Å². The van der Waals surface area contributed by atoms with Crippen LogP contribution in [-0.4, -0.2) is 11.8 Å². The number of hydrogen-bond donors (Lipinski definition) is 1. The molecule has 0 aliphatic carbocycles. The SMILES string of the molecule is C=CSC(Cc1ccc(=C)/c(=C\CCc2ccc(C(C)(C)F)cc2C(C)(C)F)c1)C(=C)NCCCCC. The van der Waals surface area contributed by atoms with Crippen molar-refractivity contribution >= 4 is 24.4 Å². The van der Waals surface area contributed by atoms with Crippen LogP contribution in [0.4, 0.5) is 8.78 Å². The monoisotopic (exact) mass is 525 g/mol. The number of hydrogen-bond acceptors (Lipinski definition) is 2. The number of unbranched alkanes of at least 4 members (excludes halogenated alkanes) is 2. The van der Waals surface area contributed by atoms with E-state index in [-0.39, 0.29) is 5.25 Å². The van der Waals surface area contributed by atoms with Gasteiger partial charge in [-0.3, -0.25) is 0 Å². The second-order valence-corrected chi connectivity index (χ2v) is 11.9. The zero-order valence-electron chi connectivity index (χ0n) is 23.4. The van der Waals surface area contributed by atoms with E-state index in [9.17, 15) is 4.39 Å². The van der Waals surface area contributed by atoms with E-state index in [0.717, 1.165) is 47.5 Å². The highest BCUT2D eigenvalue weighted by atomic mass is 32.2. The third-order valence-electron chi connectivity index (χ3n) is 6.63. The Morgan fingerprint density at radius 1 is 1.05 bits per heavy atom. The Balaban J connectivity index is 2.20. The van der Waals surface area contributed by atoms with Crippen LogP contribution in [0.3, 0.4) is 0 Å².